The van der Waals surface area contributed by atoms with Gasteiger partial charge in [0, 0.05) is 37.4 Å². The summed E-state index contributed by atoms with van der Waals surface area (Å²) in [6.45, 7) is 9.08. The molecule has 4 rings (SSSR count). The third-order valence-electron chi connectivity index (χ3n) is 6.57. The summed E-state index contributed by atoms with van der Waals surface area (Å²) < 4.78 is 0. The first-order valence-electron chi connectivity index (χ1n) is 12.9. The van der Waals surface area contributed by atoms with E-state index in [1.807, 2.05) is 6.92 Å². The Morgan fingerprint density at radius 2 is 1.50 bits per heavy atom. The number of rotatable bonds is 12. The van der Waals surface area contributed by atoms with E-state index in [0.717, 1.165) is 63.6 Å². The SMILES string of the molecule is CCCN(CCNCCNc1nc(C)nc2c1CCCC2)C(c1ccccc1)c1ccccc1. The van der Waals surface area contributed by atoms with Crippen molar-refractivity contribution in [1.82, 2.24) is 20.2 Å². The van der Waals surface area contributed by atoms with Crippen molar-refractivity contribution in [1.29, 1.82) is 0 Å². The highest BCUT2D eigenvalue weighted by atomic mass is 15.2. The van der Waals surface area contributed by atoms with Crippen LogP contribution < -0.4 is 10.6 Å². The average Bonchev–Trinajstić information content (AvgIpc) is 2.87. The van der Waals surface area contributed by atoms with Gasteiger partial charge in [-0.2, -0.15) is 0 Å². The van der Waals surface area contributed by atoms with Crippen LogP contribution in [0.2, 0.25) is 0 Å². The van der Waals surface area contributed by atoms with Crippen molar-refractivity contribution in [3.8, 4) is 0 Å². The molecule has 0 radical (unpaired) electrons. The van der Waals surface area contributed by atoms with E-state index in [-0.39, 0.29) is 6.04 Å². The van der Waals surface area contributed by atoms with Crippen molar-refractivity contribution < 1.29 is 0 Å². The molecule has 0 saturated carbocycles. The Kier molecular flexibility index (Phi) is 9.05. The summed E-state index contributed by atoms with van der Waals surface area (Å²) in [5, 5.41) is 7.22. The molecule has 0 spiro atoms. The minimum absolute atomic E-state index is 0.276. The number of nitrogens with one attached hydrogen (secondary N) is 2. The van der Waals surface area contributed by atoms with E-state index < -0.39 is 0 Å². The molecule has 0 unspecified atom stereocenters. The Hall–Kier alpha value is -2.76. The van der Waals surface area contributed by atoms with Crippen molar-refractivity contribution in [2.75, 3.05) is 38.0 Å². The second kappa shape index (κ2) is 12.6. The first-order chi connectivity index (χ1) is 16.8. The fourth-order valence-corrected chi connectivity index (χ4v) is 5.02. The normalized spacial score (nSPS) is 13.3. The number of aryl methyl sites for hydroxylation is 2. The van der Waals surface area contributed by atoms with Crippen LogP contribution in [0.25, 0.3) is 0 Å². The maximum atomic E-state index is 4.69. The van der Waals surface area contributed by atoms with Gasteiger partial charge in [-0.05, 0) is 56.7 Å². The van der Waals surface area contributed by atoms with Crippen LogP contribution in [0.5, 0.6) is 0 Å². The van der Waals surface area contributed by atoms with Gasteiger partial charge < -0.3 is 10.6 Å². The topological polar surface area (TPSA) is 53.1 Å². The van der Waals surface area contributed by atoms with E-state index in [4.69, 9.17) is 0 Å². The monoisotopic (exact) mass is 457 g/mol. The smallest absolute Gasteiger partial charge is 0.133 e. The Labute approximate surface area is 205 Å². The number of anilines is 1. The summed E-state index contributed by atoms with van der Waals surface area (Å²) in [7, 11) is 0. The van der Waals surface area contributed by atoms with Gasteiger partial charge in [-0.25, -0.2) is 9.97 Å². The van der Waals surface area contributed by atoms with E-state index in [1.54, 1.807) is 0 Å². The molecular formula is C29H39N5. The zero-order valence-corrected chi connectivity index (χ0v) is 20.8. The summed E-state index contributed by atoms with van der Waals surface area (Å²) in [6.07, 6.45) is 5.80. The maximum Gasteiger partial charge on any atom is 0.133 e. The van der Waals surface area contributed by atoms with Gasteiger partial charge in [0.25, 0.3) is 0 Å². The van der Waals surface area contributed by atoms with E-state index in [2.05, 4.69) is 93.1 Å². The Bertz CT molecular complexity index is 966. The first-order valence-corrected chi connectivity index (χ1v) is 12.9. The van der Waals surface area contributed by atoms with Crippen LogP contribution in [-0.4, -0.2) is 47.6 Å². The molecule has 2 aromatic carbocycles. The van der Waals surface area contributed by atoms with Gasteiger partial charge in [0.05, 0.1) is 6.04 Å². The number of hydrogen-bond acceptors (Lipinski definition) is 5. The molecule has 3 aromatic rings. The van der Waals surface area contributed by atoms with Crippen LogP contribution in [0.3, 0.4) is 0 Å². The van der Waals surface area contributed by atoms with Crippen molar-refractivity contribution in [2.45, 2.75) is 52.0 Å². The zero-order chi connectivity index (χ0) is 23.6. The van der Waals surface area contributed by atoms with Crippen molar-refractivity contribution in [2.24, 2.45) is 0 Å². The Balaban J connectivity index is 1.33. The fraction of sp³-hybridized carbons (Fsp3) is 0.448. The van der Waals surface area contributed by atoms with E-state index in [9.17, 15) is 0 Å². The van der Waals surface area contributed by atoms with Crippen LogP contribution in [0.1, 0.15) is 60.4 Å². The van der Waals surface area contributed by atoms with Crippen LogP contribution in [-0.2, 0) is 12.8 Å². The molecule has 180 valence electrons. The van der Waals surface area contributed by atoms with Crippen LogP contribution in [0, 0.1) is 6.92 Å². The summed E-state index contributed by atoms with van der Waals surface area (Å²) in [6, 6.07) is 22.1. The third-order valence-corrected chi connectivity index (χ3v) is 6.57. The van der Waals surface area contributed by atoms with E-state index in [0.29, 0.717) is 0 Å². The lowest BCUT2D eigenvalue weighted by Gasteiger charge is -2.32. The molecule has 1 aromatic heterocycles. The van der Waals surface area contributed by atoms with Crippen molar-refractivity contribution in [3.63, 3.8) is 0 Å². The molecular weight excluding hydrogens is 418 g/mol. The molecule has 0 bridgehead atoms. The fourth-order valence-electron chi connectivity index (χ4n) is 5.02. The predicted molar refractivity (Wildman–Crippen MR) is 141 cm³/mol. The molecule has 2 N–H and O–H groups in total. The molecule has 5 nitrogen and oxygen atoms in total. The number of aromatic nitrogens is 2. The highest BCUT2D eigenvalue weighted by Crippen LogP contribution is 2.28. The lowest BCUT2D eigenvalue weighted by atomic mass is 9.96. The minimum Gasteiger partial charge on any atom is -0.368 e. The lowest BCUT2D eigenvalue weighted by Crippen LogP contribution is -2.37. The van der Waals surface area contributed by atoms with Gasteiger partial charge in [-0.15, -0.1) is 0 Å². The highest BCUT2D eigenvalue weighted by Gasteiger charge is 2.21. The molecule has 1 heterocycles. The van der Waals surface area contributed by atoms with Gasteiger partial charge in [0.1, 0.15) is 11.6 Å². The van der Waals surface area contributed by atoms with Crippen LogP contribution in [0.4, 0.5) is 5.82 Å². The largest absolute Gasteiger partial charge is 0.368 e. The zero-order valence-electron chi connectivity index (χ0n) is 20.8. The summed E-state index contributed by atoms with van der Waals surface area (Å²) in [4.78, 5) is 12.0. The number of nitrogens with zero attached hydrogens (tertiary/aromatic N) is 3. The molecule has 0 fully saturated rings. The van der Waals surface area contributed by atoms with Crippen molar-refractivity contribution in [3.05, 3.63) is 88.9 Å². The lowest BCUT2D eigenvalue weighted by molar-refractivity contribution is 0.226. The quantitative estimate of drug-likeness (QED) is 0.368. The summed E-state index contributed by atoms with van der Waals surface area (Å²) in [5.41, 5.74) is 5.29. The molecule has 5 heteroatoms. The summed E-state index contributed by atoms with van der Waals surface area (Å²) >= 11 is 0. The second-order valence-electron chi connectivity index (χ2n) is 9.19. The molecule has 0 saturated heterocycles. The molecule has 0 aliphatic heterocycles. The van der Waals surface area contributed by atoms with Gasteiger partial charge in [-0.1, -0.05) is 67.6 Å². The van der Waals surface area contributed by atoms with Gasteiger partial charge in [0.2, 0.25) is 0 Å². The van der Waals surface area contributed by atoms with Gasteiger partial charge in [-0.3, -0.25) is 4.90 Å². The number of hydrogen-bond donors (Lipinski definition) is 2. The van der Waals surface area contributed by atoms with Gasteiger partial charge in [0.15, 0.2) is 0 Å². The average molecular weight is 458 g/mol. The number of fused-ring (bicyclic) bond motifs is 1. The molecule has 0 amide bonds. The minimum atomic E-state index is 0.276. The molecule has 1 aliphatic rings. The van der Waals surface area contributed by atoms with Crippen LogP contribution >= 0.6 is 0 Å². The van der Waals surface area contributed by atoms with Crippen LogP contribution in [0.15, 0.2) is 60.7 Å². The maximum absolute atomic E-state index is 4.69. The molecule has 34 heavy (non-hydrogen) atoms. The standard InChI is InChI=1S/C29H39N5/c1-3-21-34(28(24-12-6-4-7-13-24)25-14-8-5-9-15-25)22-20-30-18-19-31-29-26-16-10-11-17-27(26)32-23(2)33-29/h4-9,12-15,28,30H,3,10-11,16-22H2,1-2H3,(H,31,32,33). The van der Waals surface area contributed by atoms with E-state index >= 15 is 0 Å². The Morgan fingerprint density at radius 1 is 0.824 bits per heavy atom. The second-order valence-corrected chi connectivity index (χ2v) is 9.19. The molecule has 0 atom stereocenters. The first kappa shape index (κ1) is 24.4. The predicted octanol–water partition coefficient (Wildman–Crippen LogP) is 5.17. The third kappa shape index (κ3) is 6.43. The highest BCUT2D eigenvalue weighted by molar-refractivity contribution is 5.47. The molecule has 1 aliphatic carbocycles. The van der Waals surface area contributed by atoms with Gasteiger partial charge >= 0.3 is 0 Å². The Morgan fingerprint density at radius 3 is 2.18 bits per heavy atom. The van der Waals surface area contributed by atoms with Crippen molar-refractivity contribution >= 4 is 5.82 Å². The summed E-state index contributed by atoms with van der Waals surface area (Å²) in [5.74, 6) is 1.92. The van der Waals surface area contributed by atoms with E-state index in [1.165, 1.54) is 35.2 Å². The number of benzene rings is 2.